The largest absolute Gasteiger partial charge is 0.381 e. The zero-order valence-corrected chi connectivity index (χ0v) is 18.1. The number of likely N-dealkylation sites (tertiary alicyclic amines) is 1. The van der Waals surface area contributed by atoms with Crippen LogP contribution in [0.25, 0.3) is 0 Å². The van der Waals surface area contributed by atoms with Crippen molar-refractivity contribution in [1.29, 1.82) is 0 Å². The second-order valence-electron chi connectivity index (χ2n) is 9.70. The lowest BCUT2D eigenvalue weighted by molar-refractivity contribution is -0.0652. The summed E-state index contributed by atoms with van der Waals surface area (Å²) < 4.78 is 5.34. The van der Waals surface area contributed by atoms with E-state index >= 15 is 0 Å². The maximum atomic E-state index is 13.1. The number of aromatic nitrogens is 2. The van der Waals surface area contributed by atoms with Crippen LogP contribution in [0.2, 0.25) is 0 Å². The van der Waals surface area contributed by atoms with E-state index in [4.69, 9.17) is 4.74 Å². The molecule has 2 aromatic rings. The average molecular weight is 423 g/mol. The van der Waals surface area contributed by atoms with Gasteiger partial charge in [0.15, 0.2) is 5.78 Å². The van der Waals surface area contributed by atoms with Gasteiger partial charge in [-0.1, -0.05) is 6.92 Å². The van der Waals surface area contributed by atoms with Crippen molar-refractivity contribution in [2.24, 2.45) is 17.8 Å². The molecule has 0 radical (unpaired) electrons. The first-order chi connectivity index (χ1) is 15.1. The van der Waals surface area contributed by atoms with E-state index in [0.29, 0.717) is 17.5 Å². The van der Waals surface area contributed by atoms with Crippen LogP contribution < -0.4 is 4.90 Å². The van der Waals surface area contributed by atoms with Crippen molar-refractivity contribution in [2.45, 2.75) is 39.0 Å². The topological polar surface area (TPSA) is 81.4 Å². The number of carbonyl (C=O) groups is 2. The highest BCUT2D eigenvalue weighted by molar-refractivity contribution is 6.02. The molecule has 2 unspecified atom stereocenters. The predicted molar refractivity (Wildman–Crippen MR) is 117 cm³/mol. The zero-order chi connectivity index (χ0) is 21.1. The van der Waals surface area contributed by atoms with Gasteiger partial charge in [0.2, 0.25) is 0 Å². The molecule has 0 spiro atoms. The molecule has 164 valence electrons. The third-order valence-corrected chi connectivity index (χ3v) is 7.84. The van der Waals surface area contributed by atoms with Crippen LogP contribution in [-0.2, 0) is 17.6 Å². The van der Waals surface area contributed by atoms with E-state index in [0.717, 1.165) is 87.8 Å². The number of ether oxygens (including phenoxy) is 1. The van der Waals surface area contributed by atoms with Crippen LogP contribution >= 0.6 is 0 Å². The van der Waals surface area contributed by atoms with Crippen molar-refractivity contribution in [1.82, 2.24) is 14.9 Å². The van der Waals surface area contributed by atoms with Crippen LogP contribution in [-0.4, -0.2) is 59.4 Å². The van der Waals surface area contributed by atoms with Crippen molar-refractivity contribution in [3.8, 4) is 0 Å². The highest BCUT2D eigenvalue weighted by Gasteiger charge is 2.41. The monoisotopic (exact) mass is 422 g/mol. The standard InChI is InChI=1S/C24H30N4O3/c1-14(17-12-31-13-17)18-9-16-11-20(26-21(16)22(18)29)28-8-4-5-15-10-19(25-23(15)28)24(30)27-6-2-3-7-27/h10-11,14,17-18,25-26H,2-9,12-13H2,1H3. The van der Waals surface area contributed by atoms with Crippen molar-refractivity contribution < 1.29 is 14.3 Å². The zero-order valence-electron chi connectivity index (χ0n) is 18.1. The summed E-state index contributed by atoms with van der Waals surface area (Å²) in [5.74, 6) is 3.23. The highest BCUT2D eigenvalue weighted by atomic mass is 16.5. The second kappa shape index (κ2) is 7.26. The number of hydrogen-bond acceptors (Lipinski definition) is 4. The lowest BCUT2D eigenvalue weighted by atomic mass is 9.80. The highest BCUT2D eigenvalue weighted by Crippen LogP contribution is 2.40. The number of anilines is 2. The quantitative estimate of drug-likeness (QED) is 0.792. The van der Waals surface area contributed by atoms with Gasteiger partial charge in [-0.3, -0.25) is 9.59 Å². The van der Waals surface area contributed by atoms with Gasteiger partial charge in [0.1, 0.15) is 17.3 Å². The van der Waals surface area contributed by atoms with Gasteiger partial charge >= 0.3 is 0 Å². The van der Waals surface area contributed by atoms with Crippen LogP contribution in [0.5, 0.6) is 0 Å². The lowest BCUT2D eigenvalue weighted by Gasteiger charge is -2.34. The Kier molecular flexibility index (Phi) is 4.49. The summed E-state index contributed by atoms with van der Waals surface area (Å²) in [5.41, 5.74) is 3.78. The fourth-order valence-corrected chi connectivity index (χ4v) is 5.74. The molecule has 0 aromatic carbocycles. The number of fused-ring (bicyclic) bond motifs is 2. The minimum atomic E-state index is 0.0660. The van der Waals surface area contributed by atoms with Crippen molar-refractivity contribution in [3.05, 3.63) is 34.6 Å². The van der Waals surface area contributed by atoms with Gasteiger partial charge in [-0.15, -0.1) is 0 Å². The summed E-state index contributed by atoms with van der Waals surface area (Å²) in [5, 5.41) is 0. The first kappa shape index (κ1) is 19.2. The van der Waals surface area contributed by atoms with E-state index in [-0.39, 0.29) is 17.6 Å². The van der Waals surface area contributed by atoms with Gasteiger partial charge < -0.3 is 24.5 Å². The number of H-pyrrole nitrogens is 2. The number of hydrogen-bond donors (Lipinski definition) is 2. The number of nitrogens with zero attached hydrogens (tertiary/aromatic N) is 2. The number of nitrogens with one attached hydrogen (secondary N) is 2. The van der Waals surface area contributed by atoms with E-state index in [1.807, 2.05) is 11.0 Å². The Bertz CT molecular complexity index is 1030. The van der Waals surface area contributed by atoms with Crippen LogP contribution in [0.1, 0.15) is 58.3 Å². The van der Waals surface area contributed by atoms with E-state index in [1.165, 1.54) is 5.56 Å². The second-order valence-corrected chi connectivity index (χ2v) is 9.70. The van der Waals surface area contributed by atoms with Gasteiger partial charge in [-0.05, 0) is 61.3 Å². The lowest BCUT2D eigenvalue weighted by Crippen LogP contribution is -2.38. The van der Waals surface area contributed by atoms with Gasteiger partial charge in [-0.2, -0.15) is 0 Å². The van der Waals surface area contributed by atoms with Gasteiger partial charge in [-0.25, -0.2) is 0 Å². The molecule has 7 heteroatoms. The van der Waals surface area contributed by atoms with Crippen LogP contribution in [0.3, 0.4) is 0 Å². The Balaban J connectivity index is 1.24. The molecule has 5 heterocycles. The number of amides is 1. The SMILES string of the molecule is CC(C1COC1)C1Cc2cc(N3CCCc4cc(C(=O)N5CCCC5)[nH]c43)[nH]c2C1=O. The molecular formula is C24H30N4O3. The van der Waals surface area contributed by atoms with Crippen molar-refractivity contribution >= 4 is 23.3 Å². The third-order valence-electron chi connectivity index (χ3n) is 7.84. The summed E-state index contributed by atoms with van der Waals surface area (Å²) in [4.78, 5) is 37.0. The number of rotatable bonds is 4. The summed E-state index contributed by atoms with van der Waals surface area (Å²) >= 11 is 0. The van der Waals surface area contributed by atoms with Crippen LogP contribution in [0, 0.1) is 17.8 Å². The number of ketones is 1. The maximum Gasteiger partial charge on any atom is 0.270 e. The molecule has 2 fully saturated rings. The van der Waals surface area contributed by atoms with E-state index in [9.17, 15) is 9.59 Å². The molecule has 7 nitrogen and oxygen atoms in total. The molecular weight excluding hydrogens is 392 g/mol. The van der Waals surface area contributed by atoms with Crippen molar-refractivity contribution in [3.63, 3.8) is 0 Å². The summed E-state index contributed by atoms with van der Waals surface area (Å²) in [6.07, 6.45) is 4.99. The fraction of sp³-hybridized carbons (Fsp3) is 0.583. The molecule has 3 aliphatic heterocycles. The van der Waals surface area contributed by atoms with Gasteiger partial charge in [0.05, 0.1) is 18.9 Å². The molecule has 6 rings (SSSR count). The van der Waals surface area contributed by atoms with E-state index in [1.54, 1.807) is 0 Å². The molecule has 1 aliphatic carbocycles. The molecule has 1 amide bonds. The molecule has 2 aromatic heterocycles. The molecule has 2 saturated heterocycles. The smallest absolute Gasteiger partial charge is 0.270 e. The predicted octanol–water partition coefficient (Wildman–Crippen LogP) is 3.30. The van der Waals surface area contributed by atoms with Crippen LogP contribution in [0.4, 0.5) is 11.6 Å². The minimum absolute atomic E-state index is 0.0660. The molecule has 4 aliphatic rings. The molecule has 31 heavy (non-hydrogen) atoms. The molecule has 2 N–H and O–H groups in total. The number of aromatic amines is 2. The minimum Gasteiger partial charge on any atom is -0.381 e. The van der Waals surface area contributed by atoms with E-state index < -0.39 is 0 Å². The Morgan fingerprint density at radius 1 is 1.10 bits per heavy atom. The first-order valence-electron chi connectivity index (χ1n) is 11.7. The molecule has 0 saturated carbocycles. The van der Waals surface area contributed by atoms with Gasteiger partial charge in [0, 0.05) is 31.5 Å². The summed E-state index contributed by atoms with van der Waals surface area (Å²) in [6, 6.07) is 4.18. The van der Waals surface area contributed by atoms with Crippen LogP contribution in [0.15, 0.2) is 12.1 Å². The number of Topliss-reactive ketones (excluding diaryl/α,β-unsaturated/α-hetero) is 1. The number of carbonyl (C=O) groups excluding carboxylic acids is 2. The van der Waals surface area contributed by atoms with Crippen molar-refractivity contribution in [2.75, 3.05) is 37.7 Å². The Morgan fingerprint density at radius 3 is 2.61 bits per heavy atom. The summed E-state index contributed by atoms with van der Waals surface area (Å²) in [6.45, 7) is 6.33. The Labute approximate surface area is 182 Å². The van der Waals surface area contributed by atoms with Gasteiger partial charge in [0.25, 0.3) is 5.91 Å². The fourth-order valence-electron chi connectivity index (χ4n) is 5.74. The normalized spacial score (nSPS) is 24.3. The Hall–Kier alpha value is -2.54. The first-order valence-corrected chi connectivity index (χ1v) is 11.7. The summed E-state index contributed by atoms with van der Waals surface area (Å²) in [7, 11) is 0. The third kappa shape index (κ3) is 3.04. The average Bonchev–Trinajstić information content (AvgIpc) is 3.50. The molecule has 2 atom stereocenters. The Morgan fingerprint density at radius 2 is 1.90 bits per heavy atom. The maximum absolute atomic E-state index is 13.1. The van der Waals surface area contributed by atoms with E-state index in [2.05, 4.69) is 27.9 Å². The molecule has 0 bridgehead atoms. The number of aryl methyl sites for hydroxylation is 1.